The second-order valence-electron chi connectivity index (χ2n) is 5.74. The van der Waals surface area contributed by atoms with Crippen LogP contribution in [-0.2, 0) is 10.3 Å². The molecule has 0 aromatic heterocycles. The van der Waals surface area contributed by atoms with Crippen molar-refractivity contribution in [1.82, 2.24) is 0 Å². The van der Waals surface area contributed by atoms with Crippen molar-refractivity contribution in [2.24, 2.45) is 4.99 Å². The molecule has 0 saturated heterocycles. The lowest BCUT2D eigenvalue weighted by atomic mass is 9.87. The monoisotopic (exact) mass is 291 g/mol. The molecule has 0 radical (unpaired) electrons. The van der Waals surface area contributed by atoms with E-state index in [0.29, 0.717) is 29.9 Å². The minimum Gasteiger partial charge on any atom is -0.493 e. The lowest BCUT2D eigenvalue weighted by molar-refractivity contribution is 0.269. The van der Waals surface area contributed by atoms with Crippen molar-refractivity contribution in [3.63, 3.8) is 0 Å². The van der Waals surface area contributed by atoms with Crippen molar-refractivity contribution in [2.75, 3.05) is 7.11 Å². The topological polar surface area (TPSA) is 47.9 Å². The second kappa shape index (κ2) is 5.49. The summed E-state index contributed by atoms with van der Waals surface area (Å²) in [5.74, 6) is 0.490. The number of halogens is 1. The quantitative estimate of drug-likeness (QED) is 0.616. The Bertz CT molecular complexity index is 585. The van der Waals surface area contributed by atoms with E-state index in [1.165, 1.54) is 19.2 Å². The second-order valence-corrected chi connectivity index (χ2v) is 5.74. The smallest absolute Gasteiger partial charge is 0.235 e. The molecule has 0 unspecified atom stereocenters. The molecule has 0 N–H and O–H groups in total. The van der Waals surface area contributed by atoms with Crippen molar-refractivity contribution >= 4 is 6.08 Å². The summed E-state index contributed by atoms with van der Waals surface area (Å²) in [6.45, 7) is 0. The first kappa shape index (κ1) is 14.1. The molecule has 2 aliphatic carbocycles. The Kier molecular flexibility index (Phi) is 3.68. The van der Waals surface area contributed by atoms with Crippen LogP contribution in [-0.4, -0.2) is 19.3 Å². The maximum absolute atomic E-state index is 13.9. The van der Waals surface area contributed by atoms with Crippen LogP contribution in [0.2, 0.25) is 0 Å². The number of isocyanates is 1. The number of methoxy groups -OCH3 is 1. The first-order valence-corrected chi connectivity index (χ1v) is 7.32. The third-order valence-corrected chi connectivity index (χ3v) is 4.24. The fourth-order valence-corrected chi connectivity index (χ4v) is 3.03. The van der Waals surface area contributed by atoms with Crippen LogP contribution in [0.25, 0.3) is 0 Å². The van der Waals surface area contributed by atoms with Gasteiger partial charge in [-0.3, -0.25) is 0 Å². The zero-order valence-electron chi connectivity index (χ0n) is 12.0. The lowest BCUT2D eigenvalue weighted by Crippen LogP contribution is -2.21. The predicted octanol–water partition coefficient (Wildman–Crippen LogP) is 3.48. The highest BCUT2D eigenvalue weighted by Crippen LogP contribution is 2.49. The SMILES string of the molecule is COc1cc(F)cc(C2(N=C=O)CCCC2)c1OC1CC1. The Morgan fingerprint density at radius 3 is 2.62 bits per heavy atom. The molecule has 4 nitrogen and oxygen atoms in total. The van der Waals surface area contributed by atoms with Crippen LogP contribution in [0.5, 0.6) is 11.5 Å². The van der Waals surface area contributed by atoms with Gasteiger partial charge < -0.3 is 9.47 Å². The van der Waals surface area contributed by atoms with Crippen LogP contribution in [0.3, 0.4) is 0 Å². The van der Waals surface area contributed by atoms with Gasteiger partial charge in [0.05, 0.1) is 13.2 Å². The van der Waals surface area contributed by atoms with Crippen molar-refractivity contribution < 1.29 is 18.7 Å². The number of benzene rings is 1. The number of hydrogen-bond acceptors (Lipinski definition) is 4. The predicted molar refractivity (Wildman–Crippen MR) is 74.9 cm³/mol. The highest BCUT2D eigenvalue weighted by molar-refractivity contribution is 5.52. The van der Waals surface area contributed by atoms with Gasteiger partial charge >= 0.3 is 0 Å². The molecular formula is C16H18FNO3. The average molecular weight is 291 g/mol. The Labute approximate surface area is 123 Å². The van der Waals surface area contributed by atoms with E-state index in [4.69, 9.17) is 9.47 Å². The van der Waals surface area contributed by atoms with Gasteiger partial charge in [-0.15, -0.1) is 0 Å². The van der Waals surface area contributed by atoms with Crippen LogP contribution in [0.15, 0.2) is 17.1 Å². The van der Waals surface area contributed by atoms with E-state index in [-0.39, 0.29) is 6.10 Å². The Balaban J connectivity index is 2.13. The summed E-state index contributed by atoms with van der Waals surface area (Å²) in [5.41, 5.74) is -0.103. The van der Waals surface area contributed by atoms with E-state index in [2.05, 4.69) is 4.99 Å². The lowest BCUT2D eigenvalue weighted by Gasteiger charge is -2.26. The molecule has 112 valence electrons. The fraction of sp³-hybridized carbons (Fsp3) is 0.562. The molecule has 0 heterocycles. The molecule has 1 aromatic carbocycles. The van der Waals surface area contributed by atoms with E-state index < -0.39 is 11.4 Å². The van der Waals surface area contributed by atoms with E-state index in [1.807, 2.05) is 0 Å². The maximum atomic E-state index is 13.9. The van der Waals surface area contributed by atoms with Crippen LogP contribution >= 0.6 is 0 Å². The van der Waals surface area contributed by atoms with Crippen molar-refractivity contribution in [3.05, 3.63) is 23.5 Å². The van der Waals surface area contributed by atoms with Gasteiger partial charge in [0, 0.05) is 11.6 Å². The van der Waals surface area contributed by atoms with Gasteiger partial charge in [0.15, 0.2) is 11.5 Å². The minimum atomic E-state index is -0.721. The molecule has 5 heteroatoms. The first-order chi connectivity index (χ1) is 10.2. The maximum Gasteiger partial charge on any atom is 0.235 e. The molecule has 2 saturated carbocycles. The molecular weight excluding hydrogens is 273 g/mol. The third kappa shape index (κ3) is 2.66. The molecule has 3 rings (SSSR count). The molecule has 2 fully saturated rings. The normalized spacial score (nSPS) is 19.9. The number of nitrogens with zero attached hydrogens (tertiary/aromatic N) is 1. The Hall–Kier alpha value is -1.87. The van der Waals surface area contributed by atoms with E-state index in [0.717, 1.165) is 25.7 Å². The molecule has 2 aliphatic rings. The average Bonchev–Trinajstić information content (AvgIpc) is 3.17. The van der Waals surface area contributed by atoms with Crippen molar-refractivity contribution in [2.45, 2.75) is 50.2 Å². The van der Waals surface area contributed by atoms with Crippen LogP contribution in [0.4, 0.5) is 4.39 Å². The summed E-state index contributed by atoms with van der Waals surface area (Å²) in [6.07, 6.45) is 7.10. The Morgan fingerprint density at radius 1 is 1.33 bits per heavy atom. The van der Waals surface area contributed by atoms with Gasteiger partial charge in [-0.05, 0) is 31.7 Å². The van der Waals surface area contributed by atoms with Crippen LogP contribution in [0.1, 0.15) is 44.1 Å². The summed E-state index contributed by atoms with van der Waals surface area (Å²) >= 11 is 0. The third-order valence-electron chi connectivity index (χ3n) is 4.24. The first-order valence-electron chi connectivity index (χ1n) is 7.32. The number of aliphatic imine (C=N–C) groups is 1. The van der Waals surface area contributed by atoms with Gasteiger partial charge in [0.25, 0.3) is 0 Å². The highest BCUT2D eigenvalue weighted by atomic mass is 19.1. The van der Waals surface area contributed by atoms with Crippen LogP contribution < -0.4 is 9.47 Å². The van der Waals surface area contributed by atoms with Crippen molar-refractivity contribution in [1.29, 1.82) is 0 Å². The van der Waals surface area contributed by atoms with E-state index in [9.17, 15) is 9.18 Å². The van der Waals surface area contributed by atoms with Crippen LogP contribution in [0, 0.1) is 5.82 Å². The van der Waals surface area contributed by atoms with Crippen molar-refractivity contribution in [3.8, 4) is 11.5 Å². The van der Waals surface area contributed by atoms with Gasteiger partial charge in [-0.2, -0.15) is 4.99 Å². The number of ether oxygens (including phenoxy) is 2. The summed E-state index contributed by atoms with van der Waals surface area (Å²) in [5, 5.41) is 0. The minimum absolute atomic E-state index is 0.154. The summed E-state index contributed by atoms with van der Waals surface area (Å²) < 4.78 is 25.1. The molecule has 0 aliphatic heterocycles. The number of carbonyl (C=O) groups excluding carboxylic acids is 1. The van der Waals surface area contributed by atoms with E-state index in [1.54, 1.807) is 6.08 Å². The van der Waals surface area contributed by atoms with Gasteiger partial charge in [-0.25, -0.2) is 9.18 Å². The standard InChI is InChI=1S/C16H18FNO3/c1-20-14-9-11(17)8-13(15(14)21-12-4-5-12)16(18-10-19)6-2-3-7-16/h8-9,12H,2-7H2,1H3. The highest BCUT2D eigenvalue weighted by Gasteiger charge is 2.40. The largest absolute Gasteiger partial charge is 0.493 e. The summed E-state index contributed by atoms with van der Waals surface area (Å²) in [6, 6.07) is 2.74. The molecule has 1 aromatic rings. The molecule has 21 heavy (non-hydrogen) atoms. The fourth-order valence-electron chi connectivity index (χ4n) is 3.03. The zero-order valence-corrected chi connectivity index (χ0v) is 12.0. The number of rotatable bonds is 5. The van der Waals surface area contributed by atoms with Gasteiger partial charge in [0.1, 0.15) is 11.4 Å². The Morgan fingerprint density at radius 2 is 2.05 bits per heavy atom. The van der Waals surface area contributed by atoms with Gasteiger partial charge in [-0.1, -0.05) is 12.8 Å². The molecule has 0 amide bonds. The molecule has 0 spiro atoms. The summed E-state index contributed by atoms with van der Waals surface area (Å²) in [7, 11) is 1.49. The van der Waals surface area contributed by atoms with E-state index >= 15 is 0 Å². The molecule has 0 bridgehead atoms. The molecule has 0 atom stereocenters. The zero-order chi connectivity index (χ0) is 14.9. The summed E-state index contributed by atoms with van der Waals surface area (Å²) in [4.78, 5) is 14.9. The number of hydrogen-bond donors (Lipinski definition) is 0. The van der Waals surface area contributed by atoms with Gasteiger partial charge in [0.2, 0.25) is 6.08 Å².